The van der Waals surface area contributed by atoms with Crippen LogP contribution >= 0.6 is 68.0 Å². The Balaban J connectivity index is 0.000000170. The Morgan fingerprint density at radius 3 is 0.820 bits per heavy atom. The Morgan fingerprint density at radius 2 is 0.630 bits per heavy atom. The van der Waals surface area contributed by atoms with Crippen molar-refractivity contribution < 1.29 is 96.8 Å². The van der Waals surface area contributed by atoms with E-state index in [9.17, 15) is 58.5 Å². The van der Waals surface area contributed by atoms with Gasteiger partial charge in [0.2, 0.25) is 17.3 Å². The standard InChI is InChI=1S/3C22H18N2O6S2.C2H4O2/c3*1-11-19(21(28)30-3)32-22(23-11)24-16(12-6-8-13(29-2)9-7-12)15(18(26)20(24)27)17(25)14-5-4-10-31-14;1-2(3)4/h3*4-10,16,26H,1-3H3;1H3,(H,3,4). The van der Waals surface area contributed by atoms with E-state index in [0.29, 0.717) is 65.7 Å². The van der Waals surface area contributed by atoms with Crippen molar-refractivity contribution in [2.45, 2.75) is 45.8 Å². The van der Waals surface area contributed by atoms with Crippen LogP contribution in [0.2, 0.25) is 0 Å². The Bertz CT molecular complexity index is 4260. The Morgan fingerprint density at radius 1 is 0.400 bits per heavy atom. The summed E-state index contributed by atoms with van der Waals surface area (Å²) in [5, 5.41) is 45.4. The van der Waals surface area contributed by atoms with E-state index in [1.165, 1.54) is 91.4 Å². The predicted molar refractivity (Wildman–Crippen MR) is 372 cm³/mol. The molecule has 0 radical (unpaired) electrons. The normalized spacial score (nSPS) is 15.5. The molecule has 6 aromatic heterocycles. The van der Waals surface area contributed by atoms with Crippen molar-refractivity contribution in [1.29, 1.82) is 0 Å². The summed E-state index contributed by atoms with van der Waals surface area (Å²) < 4.78 is 30.0. The average molecular weight is 1470 g/mol. The molecule has 3 amide bonds. The van der Waals surface area contributed by atoms with Gasteiger partial charge in [0, 0.05) is 6.92 Å². The highest BCUT2D eigenvalue weighted by Crippen LogP contribution is 2.48. The fraction of sp³-hybridized carbons (Fsp3) is 0.191. The first-order valence-corrected chi connectivity index (χ1v) is 34.3. The van der Waals surface area contributed by atoms with Gasteiger partial charge in [-0.15, -0.1) is 34.0 Å². The maximum Gasteiger partial charge on any atom is 0.350 e. The van der Waals surface area contributed by atoms with E-state index >= 15 is 0 Å². The number of Topliss-reactive ketones (excluding diaryl/α,β-unsaturated/α-hetero) is 3. The lowest BCUT2D eigenvalue weighted by atomic mass is 9.95. The molecule has 516 valence electrons. The first-order chi connectivity index (χ1) is 47.8. The van der Waals surface area contributed by atoms with Crippen molar-refractivity contribution in [3.63, 3.8) is 0 Å². The number of benzene rings is 3. The molecule has 0 saturated carbocycles. The minimum Gasteiger partial charge on any atom is -0.503 e. The number of thiophene rings is 3. The number of methoxy groups -OCH3 is 6. The Kier molecular flexibility index (Phi) is 23.2. The maximum absolute atomic E-state index is 13.3. The number of aromatic nitrogens is 3. The number of aliphatic hydroxyl groups is 3. The molecule has 9 aromatic rings. The van der Waals surface area contributed by atoms with Crippen LogP contribution in [0.3, 0.4) is 0 Å². The van der Waals surface area contributed by atoms with Gasteiger partial charge in [-0.1, -0.05) is 88.6 Å². The number of aliphatic carboxylic acids is 1. The number of carboxylic acids is 1. The van der Waals surface area contributed by atoms with Gasteiger partial charge >= 0.3 is 17.9 Å². The molecule has 32 heteroatoms. The SMILES string of the molecule is CC(=O)O.COC(=O)c1sc(N2C(=O)C(O)=C(C(=O)c3cccs3)C2c2ccc(OC)cc2)nc1C.COC(=O)c1sc(N2C(=O)C(O)=C(C(=O)c3cccs3)C2c2ccc(OC)cc2)nc1C.COC(=O)c1sc(N2C(=O)C(O)=C(C(=O)c3cccs3)C2c2ccc(OC)cc2)nc1C. The second-order valence-corrected chi connectivity index (χ2v) is 26.8. The van der Waals surface area contributed by atoms with E-state index in [1.54, 1.807) is 146 Å². The van der Waals surface area contributed by atoms with E-state index < -0.39 is 94.4 Å². The molecule has 0 aliphatic carbocycles. The number of esters is 3. The zero-order valence-corrected chi connectivity index (χ0v) is 59.2. The number of anilines is 3. The number of hydrogen-bond donors (Lipinski definition) is 4. The van der Waals surface area contributed by atoms with Crippen molar-refractivity contribution in [3.05, 3.63) is 222 Å². The van der Waals surface area contributed by atoms with Gasteiger partial charge in [-0.25, -0.2) is 29.3 Å². The third-order valence-corrected chi connectivity index (χ3v) is 21.0. The van der Waals surface area contributed by atoms with Crippen molar-refractivity contribution in [3.8, 4) is 17.2 Å². The number of carboxylic acid groups (broad SMARTS) is 1. The molecule has 0 spiro atoms. The number of thiazole rings is 3. The molecule has 3 aliphatic rings. The number of nitrogens with zero attached hydrogens (tertiary/aromatic N) is 6. The van der Waals surface area contributed by atoms with Crippen LogP contribution in [0.4, 0.5) is 15.4 Å². The highest BCUT2D eigenvalue weighted by molar-refractivity contribution is 7.18. The lowest BCUT2D eigenvalue weighted by Gasteiger charge is -2.24. The average Bonchev–Trinajstić information content (AvgIpc) is 1.60. The molecule has 3 aromatic carbocycles. The van der Waals surface area contributed by atoms with Crippen LogP contribution < -0.4 is 28.9 Å². The molecule has 0 saturated heterocycles. The van der Waals surface area contributed by atoms with E-state index in [2.05, 4.69) is 15.0 Å². The quantitative estimate of drug-likeness (QED) is 0.0352. The smallest absolute Gasteiger partial charge is 0.350 e. The summed E-state index contributed by atoms with van der Waals surface area (Å²) in [7, 11) is 8.37. The number of amides is 3. The molecule has 12 rings (SSSR count). The fourth-order valence-electron chi connectivity index (χ4n) is 10.3. The second kappa shape index (κ2) is 31.7. The van der Waals surface area contributed by atoms with Crippen molar-refractivity contribution >= 4 is 142 Å². The van der Waals surface area contributed by atoms with E-state index in [1.807, 2.05) is 0 Å². The zero-order valence-electron chi connectivity index (χ0n) is 54.3. The number of rotatable bonds is 18. The van der Waals surface area contributed by atoms with Crippen LogP contribution in [0.15, 0.2) is 159 Å². The lowest BCUT2D eigenvalue weighted by Crippen LogP contribution is -2.31. The van der Waals surface area contributed by atoms with Gasteiger partial charge in [-0.2, -0.15) is 0 Å². The largest absolute Gasteiger partial charge is 0.503 e. The molecule has 4 N–H and O–H groups in total. The second-order valence-electron chi connectivity index (χ2n) is 21.0. The van der Waals surface area contributed by atoms with E-state index in [-0.39, 0.29) is 46.7 Å². The molecule has 0 bridgehead atoms. The molecule has 100 heavy (non-hydrogen) atoms. The van der Waals surface area contributed by atoms with Gasteiger partial charge in [-0.3, -0.25) is 48.3 Å². The van der Waals surface area contributed by atoms with E-state index in [0.717, 1.165) is 40.9 Å². The summed E-state index contributed by atoms with van der Waals surface area (Å²) in [5.41, 5.74) is 2.75. The highest BCUT2D eigenvalue weighted by Gasteiger charge is 2.50. The van der Waals surface area contributed by atoms with Crippen LogP contribution in [-0.2, 0) is 33.4 Å². The molecule has 26 nitrogen and oxygen atoms in total. The third kappa shape index (κ3) is 14.9. The van der Waals surface area contributed by atoms with Crippen LogP contribution in [0.1, 0.15) is 117 Å². The summed E-state index contributed by atoms with van der Waals surface area (Å²) in [5.74, 6) is -6.34. The lowest BCUT2D eigenvalue weighted by molar-refractivity contribution is -0.134. The van der Waals surface area contributed by atoms with Crippen molar-refractivity contribution in [2.75, 3.05) is 57.4 Å². The van der Waals surface area contributed by atoms with Crippen LogP contribution in [0.25, 0.3) is 0 Å². The molecule has 3 unspecified atom stereocenters. The predicted octanol–water partition coefficient (Wildman–Crippen LogP) is 12.4. The number of hydrogen-bond acceptors (Lipinski definition) is 28. The van der Waals surface area contributed by atoms with Gasteiger partial charge in [0.1, 0.15) is 31.9 Å². The Hall–Kier alpha value is -11.0. The van der Waals surface area contributed by atoms with E-state index in [4.69, 9.17) is 38.3 Å². The maximum atomic E-state index is 13.3. The first-order valence-electron chi connectivity index (χ1n) is 29.2. The summed E-state index contributed by atoms with van der Waals surface area (Å²) >= 11 is 6.53. The number of carbonyl (C=O) groups excluding carboxylic acids is 9. The number of aryl methyl sites for hydroxylation is 3. The van der Waals surface area contributed by atoms with Crippen molar-refractivity contribution in [1.82, 2.24) is 15.0 Å². The highest BCUT2D eigenvalue weighted by atomic mass is 32.1. The molecular weight excluding hydrogens is 1410 g/mol. The summed E-state index contributed by atoms with van der Waals surface area (Å²) in [6.07, 6.45) is 0. The number of aliphatic hydroxyl groups excluding tert-OH is 3. The molecule has 3 atom stereocenters. The fourth-order valence-corrected chi connectivity index (χ4v) is 15.4. The first kappa shape index (κ1) is 73.2. The molecular formula is C68H58N6O20S6. The summed E-state index contributed by atoms with van der Waals surface area (Å²) in [6.45, 7) is 5.96. The topological polar surface area (TPSA) is 355 Å². The number of carbonyl (C=O) groups is 10. The number of ether oxygens (including phenoxy) is 6. The summed E-state index contributed by atoms with van der Waals surface area (Å²) in [6, 6.07) is 27.8. The third-order valence-electron chi connectivity index (χ3n) is 15.0. The van der Waals surface area contributed by atoms with Gasteiger partial charge in [0.15, 0.2) is 32.7 Å². The van der Waals surface area contributed by atoms with Crippen molar-refractivity contribution in [2.24, 2.45) is 0 Å². The van der Waals surface area contributed by atoms with Crippen LogP contribution in [0, 0.1) is 20.8 Å². The van der Waals surface area contributed by atoms with Gasteiger partial charge in [-0.05, 0) is 108 Å². The summed E-state index contributed by atoms with van der Waals surface area (Å²) in [4.78, 5) is 143. The minimum absolute atomic E-state index is 0.0462. The molecule has 3 aliphatic heterocycles. The number of ketones is 3. The Labute approximate surface area is 593 Å². The minimum atomic E-state index is -0.931. The van der Waals surface area contributed by atoms with Crippen LogP contribution in [-0.4, -0.2) is 137 Å². The van der Waals surface area contributed by atoms with Crippen LogP contribution in [0.5, 0.6) is 17.2 Å². The molecule has 0 fully saturated rings. The van der Waals surface area contributed by atoms with Gasteiger partial charge in [0.05, 0.1) is 109 Å². The monoisotopic (exact) mass is 1470 g/mol. The molecule has 9 heterocycles. The zero-order chi connectivity index (χ0) is 72.5. The van der Waals surface area contributed by atoms with Gasteiger partial charge < -0.3 is 48.8 Å². The van der Waals surface area contributed by atoms with Gasteiger partial charge in [0.25, 0.3) is 23.7 Å².